The highest BCUT2D eigenvalue weighted by Gasteiger charge is 2.41. The summed E-state index contributed by atoms with van der Waals surface area (Å²) in [4.78, 5) is 0. The summed E-state index contributed by atoms with van der Waals surface area (Å²) >= 11 is 0. The van der Waals surface area contributed by atoms with E-state index < -0.39 is 69.4 Å². The van der Waals surface area contributed by atoms with Crippen LogP contribution in [0.3, 0.4) is 0 Å². The van der Waals surface area contributed by atoms with E-state index in [-0.39, 0.29) is 12.1 Å². The van der Waals surface area contributed by atoms with Crippen molar-refractivity contribution >= 4 is 0 Å². The Hall–Kier alpha value is -3.24. The lowest BCUT2D eigenvalue weighted by molar-refractivity contribution is -0.189. The molecule has 0 fully saturated rings. The molecule has 1 nitrogen and oxygen atoms in total. The van der Waals surface area contributed by atoms with E-state index in [1.807, 2.05) is 0 Å². The van der Waals surface area contributed by atoms with Gasteiger partial charge in [-0.2, -0.15) is 22.0 Å². The SMILES string of the molecule is Fc1cc(OC(F)(F)c2c(F)cccc2F)ccc1-c1cc(F)c(C(F)(F)F)c(F)c1. The highest BCUT2D eigenvalue weighted by molar-refractivity contribution is 5.66. The third kappa shape index (κ3) is 4.44. The molecular weight excluding hydrogens is 446 g/mol. The topological polar surface area (TPSA) is 9.23 Å². The molecule has 0 bridgehead atoms. The number of hydrogen-bond donors (Lipinski definition) is 0. The second kappa shape index (κ2) is 7.78. The van der Waals surface area contributed by atoms with E-state index in [0.717, 1.165) is 6.07 Å². The van der Waals surface area contributed by atoms with Gasteiger partial charge in [0.2, 0.25) is 0 Å². The van der Waals surface area contributed by atoms with Crippen molar-refractivity contribution in [3.05, 3.63) is 88.7 Å². The van der Waals surface area contributed by atoms with Gasteiger partial charge in [-0.1, -0.05) is 6.07 Å². The van der Waals surface area contributed by atoms with Crippen LogP contribution in [0.15, 0.2) is 48.5 Å². The van der Waals surface area contributed by atoms with Gasteiger partial charge in [-0.05, 0) is 42.0 Å². The van der Waals surface area contributed by atoms with E-state index in [9.17, 15) is 43.9 Å². The van der Waals surface area contributed by atoms with Gasteiger partial charge in [0.15, 0.2) is 0 Å². The molecule has 0 aromatic heterocycles. The van der Waals surface area contributed by atoms with Gasteiger partial charge in [0, 0.05) is 11.6 Å². The van der Waals surface area contributed by atoms with Gasteiger partial charge in [-0.25, -0.2) is 22.0 Å². The first-order chi connectivity index (χ1) is 14.3. The molecule has 0 unspecified atom stereocenters. The number of benzene rings is 3. The quantitative estimate of drug-likeness (QED) is 0.379. The van der Waals surface area contributed by atoms with E-state index in [4.69, 9.17) is 0 Å². The normalized spacial score (nSPS) is 12.2. The van der Waals surface area contributed by atoms with E-state index in [1.54, 1.807) is 0 Å². The zero-order valence-electron chi connectivity index (χ0n) is 14.8. The van der Waals surface area contributed by atoms with Crippen LogP contribution in [-0.4, -0.2) is 0 Å². The monoisotopic (exact) mass is 454 g/mol. The minimum Gasteiger partial charge on any atom is -0.429 e. The molecule has 0 aliphatic heterocycles. The number of ether oxygens (including phenoxy) is 1. The Morgan fingerprint density at radius 1 is 0.581 bits per heavy atom. The number of rotatable bonds is 4. The predicted molar refractivity (Wildman–Crippen MR) is 87.6 cm³/mol. The van der Waals surface area contributed by atoms with Crippen molar-refractivity contribution in [2.75, 3.05) is 0 Å². The first-order valence-corrected chi connectivity index (χ1v) is 8.18. The van der Waals surface area contributed by atoms with Crippen molar-refractivity contribution in [1.82, 2.24) is 0 Å². The molecule has 11 heteroatoms. The minimum atomic E-state index is -5.34. The van der Waals surface area contributed by atoms with Gasteiger partial charge in [0.05, 0.1) is 0 Å². The van der Waals surface area contributed by atoms with Crippen molar-refractivity contribution in [1.29, 1.82) is 0 Å². The maximum atomic E-state index is 14.3. The standard InChI is InChI=1S/C20H8F10O/c21-12-2-1-3-13(22)18(12)20(29,30)31-10-4-5-11(14(23)8-10)9-6-15(24)17(16(25)7-9)19(26,27)28/h1-8H. The van der Waals surface area contributed by atoms with Crippen LogP contribution in [0.4, 0.5) is 43.9 Å². The van der Waals surface area contributed by atoms with Gasteiger partial charge in [-0.15, -0.1) is 0 Å². The summed E-state index contributed by atoms with van der Waals surface area (Å²) in [5.41, 5.74) is -5.20. The Morgan fingerprint density at radius 2 is 1.13 bits per heavy atom. The molecule has 0 heterocycles. The number of hydrogen-bond acceptors (Lipinski definition) is 1. The Morgan fingerprint density at radius 3 is 1.61 bits per heavy atom. The zero-order chi connectivity index (χ0) is 23.1. The smallest absolute Gasteiger partial charge is 0.429 e. The van der Waals surface area contributed by atoms with Gasteiger partial charge in [0.25, 0.3) is 0 Å². The van der Waals surface area contributed by atoms with Crippen LogP contribution in [0.25, 0.3) is 11.1 Å². The van der Waals surface area contributed by atoms with Gasteiger partial charge in [0.1, 0.15) is 46.0 Å². The minimum absolute atomic E-state index is 0.216. The lowest BCUT2D eigenvalue weighted by atomic mass is 10.0. The van der Waals surface area contributed by atoms with Gasteiger partial charge in [-0.3, -0.25) is 0 Å². The number of alkyl halides is 5. The van der Waals surface area contributed by atoms with Crippen molar-refractivity contribution in [2.45, 2.75) is 12.3 Å². The Kier molecular flexibility index (Phi) is 5.64. The second-order valence-electron chi connectivity index (χ2n) is 6.17. The molecule has 0 aliphatic rings. The summed E-state index contributed by atoms with van der Waals surface area (Å²) < 4.78 is 139. The Labute approximate surface area is 167 Å². The molecule has 3 aromatic carbocycles. The molecule has 0 radical (unpaired) electrons. The highest BCUT2D eigenvalue weighted by Crippen LogP contribution is 2.38. The van der Waals surface area contributed by atoms with Crippen molar-refractivity contribution in [3.8, 4) is 16.9 Å². The predicted octanol–water partition coefficient (Wildman–Crippen LogP) is 7.20. The van der Waals surface area contributed by atoms with Crippen molar-refractivity contribution in [3.63, 3.8) is 0 Å². The van der Waals surface area contributed by atoms with E-state index in [1.165, 1.54) is 0 Å². The van der Waals surface area contributed by atoms with E-state index >= 15 is 0 Å². The molecular formula is C20H8F10O. The molecule has 0 aliphatic carbocycles. The highest BCUT2D eigenvalue weighted by atomic mass is 19.4. The molecule has 164 valence electrons. The summed E-state index contributed by atoms with van der Waals surface area (Å²) in [6.07, 6.45) is -9.90. The Balaban J connectivity index is 1.96. The maximum absolute atomic E-state index is 14.3. The fourth-order valence-corrected chi connectivity index (χ4v) is 2.77. The summed E-state index contributed by atoms with van der Waals surface area (Å²) in [6, 6.07) is 4.05. The van der Waals surface area contributed by atoms with Crippen LogP contribution < -0.4 is 4.74 Å². The number of halogens is 10. The summed E-state index contributed by atoms with van der Waals surface area (Å²) in [5.74, 6) is -9.59. The molecule has 31 heavy (non-hydrogen) atoms. The lowest BCUT2D eigenvalue weighted by Crippen LogP contribution is -2.25. The molecule has 0 amide bonds. The first kappa shape index (κ1) is 22.4. The molecule has 3 aromatic rings. The van der Waals surface area contributed by atoms with Crippen molar-refractivity contribution < 1.29 is 48.6 Å². The van der Waals surface area contributed by atoms with Gasteiger partial charge >= 0.3 is 12.3 Å². The first-order valence-electron chi connectivity index (χ1n) is 8.18. The Bertz CT molecular complexity index is 1090. The van der Waals surface area contributed by atoms with Crippen LogP contribution in [0.2, 0.25) is 0 Å². The summed E-state index contributed by atoms with van der Waals surface area (Å²) in [5, 5.41) is 0. The zero-order valence-corrected chi connectivity index (χ0v) is 14.8. The molecule has 0 atom stereocenters. The van der Waals surface area contributed by atoms with Crippen LogP contribution in [0.1, 0.15) is 11.1 Å². The van der Waals surface area contributed by atoms with Crippen LogP contribution in [0, 0.1) is 29.1 Å². The van der Waals surface area contributed by atoms with E-state index in [0.29, 0.717) is 30.3 Å². The summed E-state index contributed by atoms with van der Waals surface area (Å²) in [7, 11) is 0. The van der Waals surface area contributed by atoms with E-state index in [2.05, 4.69) is 4.74 Å². The fourth-order valence-electron chi connectivity index (χ4n) is 2.77. The van der Waals surface area contributed by atoms with Gasteiger partial charge < -0.3 is 4.74 Å². The molecule has 0 N–H and O–H groups in total. The third-order valence-corrected chi connectivity index (χ3v) is 4.08. The van der Waals surface area contributed by atoms with Crippen LogP contribution in [0.5, 0.6) is 5.75 Å². The van der Waals surface area contributed by atoms with Crippen molar-refractivity contribution in [2.24, 2.45) is 0 Å². The molecule has 0 saturated carbocycles. The third-order valence-electron chi connectivity index (χ3n) is 4.08. The molecule has 0 saturated heterocycles. The largest absolute Gasteiger partial charge is 0.432 e. The lowest BCUT2D eigenvalue weighted by Gasteiger charge is -2.19. The maximum Gasteiger partial charge on any atom is 0.432 e. The summed E-state index contributed by atoms with van der Waals surface area (Å²) in [6.45, 7) is 0. The average molecular weight is 454 g/mol. The van der Waals surface area contributed by atoms with Crippen LogP contribution in [-0.2, 0) is 12.3 Å². The fraction of sp³-hybridized carbons (Fsp3) is 0.100. The molecule has 0 spiro atoms. The average Bonchev–Trinajstić information content (AvgIpc) is 2.59. The molecule has 3 rings (SSSR count). The second-order valence-corrected chi connectivity index (χ2v) is 6.17. The van der Waals surface area contributed by atoms with Crippen LogP contribution >= 0.6 is 0 Å².